The Hall–Kier alpha value is 0.310. The van der Waals surface area contributed by atoms with Crippen molar-refractivity contribution in [2.45, 2.75) is 64.5 Å². The molecule has 1 fully saturated rings. The number of thiol groups is 1. The van der Waals surface area contributed by atoms with Crippen molar-refractivity contribution in [2.75, 3.05) is 19.6 Å². The van der Waals surface area contributed by atoms with E-state index in [0.29, 0.717) is 10.7 Å². The van der Waals surface area contributed by atoms with Crippen LogP contribution < -0.4 is 0 Å². The van der Waals surface area contributed by atoms with E-state index in [4.69, 9.17) is 12.6 Å². The van der Waals surface area contributed by atoms with Gasteiger partial charge in [0.2, 0.25) is 0 Å². The minimum absolute atomic E-state index is 0.501. The van der Waals surface area contributed by atoms with Crippen molar-refractivity contribution in [3.05, 3.63) is 0 Å². The Morgan fingerprint density at radius 3 is 2.31 bits per heavy atom. The van der Waals surface area contributed by atoms with Gasteiger partial charge in [0.1, 0.15) is 0 Å². The van der Waals surface area contributed by atoms with E-state index in [0.717, 1.165) is 0 Å². The molecule has 1 heterocycles. The predicted octanol–water partition coefficient (Wildman–Crippen LogP) is 3.99. The number of hydrogen-bond donors (Lipinski definition) is 1. The summed E-state index contributed by atoms with van der Waals surface area (Å²) in [6.45, 7) is 10.8. The summed E-state index contributed by atoms with van der Waals surface area (Å²) in [7, 11) is 0. The first-order valence-electron chi connectivity index (χ1n) is 6.88. The zero-order chi connectivity index (χ0) is 12.0. The standard InChI is InChI=1S/C14H29NS/c1-14(2,3)9-5-4-8-13(16)12-15-10-6-7-11-15/h13,16H,4-12H2,1-3H3. The van der Waals surface area contributed by atoms with E-state index < -0.39 is 0 Å². The smallest absolute Gasteiger partial charge is 0.0144 e. The van der Waals surface area contributed by atoms with Crippen molar-refractivity contribution >= 4 is 12.6 Å². The molecule has 1 aliphatic heterocycles. The zero-order valence-corrected chi connectivity index (χ0v) is 12.2. The Morgan fingerprint density at radius 2 is 1.75 bits per heavy atom. The maximum Gasteiger partial charge on any atom is 0.0144 e. The Bertz CT molecular complexity index is 180. The van der Waals surface area contributed by atoms with Crippen LogP contribution in [-0.4, -0.2) is 29.8 Å². The monoisotopic (exact) mass is 243 g/mol. The summed E-state index contributed by atoms with van der Waals surface area (Å²) in [6.07, 6.45) is 8.13. The fourth-order valence-electron chi connectivity index (χ4n) is 2.39. The van der Waals surface area contributed by atoms with E-state index in [1.54, 1.807) is 0 Å². The summed E-state index contributed by atoms with van der Waals surface area (Å²) in [5.74, 6) is 0. The van der Waals surface area contributed by atoms with Crippen molar-refractivity contribution in [3.8, 4) is 0 Å². The molecule has 1 aliphatic rings. The molecule has 2 heteroatoms. The molecule has 1 unspecified atom stereocenters. The quantitative estimate of drug-likeness (QED) is 0.545. The van der Waals surface area contributed by atoms with Gasteiger partial charge >= 0.3 is 0 Å². The minimum atomic E-state index is 0.501. The van der Waals surface area contributed by atoms with Crippen LogP contribution in [0.3, 0.4) is 0 Å². The van der Waals surface area contributed by atoms with Gasteiger partial charge < -0.3 is 4.90 Å². The molecule has 1 rings (SSSR count). The minimum Gasteiger partial charge on any atom is -0.302 e. The highest BCUT2D eigenvalue weighted by atomic mass is 32.1. The van der Waals surface area contributed by atoms with Crippen LogP contribution in [0.4, 0.5) is 0 Å². The maximum absolute atomic E-state index is 4.71. The molecule has 0 amide bonds. The second kappa shape index (κ2) is 6.90. The molecule has 0 aromatic heterocycles. The van der Waals surface area contributed by atoms with Crippen LogP contribution in [0, 0.1) is 5.41 Å². The fraction of sp³-hybridized carbons (Fsp3) is 1.00. The molecule has 0 spiro atoms. The van der Waals surface area contributed by atoms with Crippen LogP contribution in [0.2, 0.25) is 0 Å². The lowest BCUT2D eigenvalue weighted by Crippen LogP contribution is -2.27. The van der Waals surface area contributed by atoms with Gasteiger partial charge in [-0.05, 0) is 44.2 Å². The van der Waals surface area contributed by atoms with E-state index >= 15 is 0 Å². The van der Waals surface area contributed by atoms with Crippen LogP contribution in [0.15, 0.2) is 0 Å². The summed E-state index contributed by atoms with van der Waals surface area (Å²) in [5, 5.41) is 0.595. The number of likely N-dealkylation sites (tertiary alicyclic amines) is 1. The molecule has 0 N–H and O–H groups in total. The van der Waals surface area contributed by atoms with Crippen LogP contribution in [-0.2, 0) is 0 Å². The summed E-state index contributed by atoms with van der Waals surface area (Å²) in [5.41, 5.74) is 0.501. The van der Waals surface area contributed by atoms with Gasteiger partial charge in [-0.25, -0.2) is 0 Å². The van der Waals surface area contributed by atoms with Gasteiger partial charge in [0.25, 0.3) is 0 Å². The topological polar surface area (TPSA) is 3.24 Å². The molecular weight excluding hydrogens is 214 g/mol. The molecule has 1 atom stereocenters. The summed E-state index contributed by atoms with van der Waals surface area (Å²) < 4.78 is 0. The maximum atomic E-state index is 4.71. The third-order valence-electron chi connectivity index (χ3n) is 3.38. The SMILES string of the molecule is CC(C)(C)CCCCC(S)CN1CCCC1. The Morgan fingerprint density at radius 1 is 1.12 bits per heavy atom. The molecule has 1 nitrogen and oxygen atoms in total. The summed E-state index contributed by atoms with van der Waals surface area (Å²) in [4.78, 5) is 2.57. The van der Waals surface area contributed by atoms with Crippen molar-refractivity contribution in [1.82, 2.24) is 4.90 Å². The summed E-state index contributed by atoms with van der Waals surface area (Å²) >= 11 is 4.71. The lowest BCUT2D eigenvalue weighted by molar-refractivity contribution is 0.325. The molecule has 0 bridgehead atoms. The van der Waals surface area contributed by atoms with Gasteiger partial charge in [-0.1, -0.05) is 33.6 Å². The van der Waals surface area contributed by atoms with Crippen molar-refractivity contribution < 1.29 is 0 Å². The molecule has 0 aromatic rings. The lowest BCUT2D eigenvalue weighted by Gasteiger charge is -2.21. The molecule has 16 heavy (non-hydrogen) atoms. The molecular formula is C14H29NS. The molecule has 0 aliphatic carbocycles. The molecule has 0 saturated carbocycles. The van der Waals surface area contributed by atoms with Gasteiger partial charge in [-0.15, -0.1) is 0 Å². The first kappa shape index (κ1) is 14.4. The largest absolute Gasteiger partial charge is 0.302 e. The highest BCUT2D eigenvalue weighted by Gasteiger charge is 2.15. The average molecular weight is 243 g/mol. The number of hydrogen-bond acceptors (Lipinski definition) is 2. The van der Waals surface area contributed by atoms with E-state index in [9.17, 15) is 0 Å². The van der Waals surface area contributed by atoms with Gasteiger partial charge in [0.15, 0.2) is 0 Å². The van der Waals surface area contributed by atoms with E-state index in [-0.39, 0.29) is 0 Å². The van der Waals surface area contributed by atoms with Crippen LogP contribution in [0.5, 0.6) is 0 Å². The predicted molar refractivity (Wildman–Crippen MR) is 76.4 cm³/mol. The van der Waals surface area contributed by atoms with Crippen molar-refractivity contribution in [2.24, 2.45) is 5.41 Å². The average Bonchev–Trinajstić information content (AvgIpc) is 2.63. The van der Waals surface area contributed by atoms with E-state index in [1.807, 2.05) is 0 Å². The van der Waals surface area contributed by atoms with Gasteiger partial charge in [0, 0.05) is 11.8 Å². The van der Waals surface area contributed by atoms with E-state index in [1.165, 1.54) is 58.2 Å². The van der Waals surface area contributed by atoms with Crippen LogP contribution >= 0.6 is 12.6 Å². The highest BCUT2D eigenvalue weighted by Crippen LogP contribution is 2.23. The van der Waals surface area contributed by atoms with Crippen LogP contribution in [0.25, 0.3) is 0 Å². The molecule has 96 valence electrons. The van der Waals surface area contributed by atoms with Crippen LogP contribution in [0.1, 0.15) is 59.3 Å². The molecule has 1 saturated heterocycles. The first-order valence-corrected chi connectivity index (χ1v) is 7.39. The van der Waals surface area contributed by atoms with Gasteiger partial charge in [0.05, 0.1) is 0 Å². The summed E-state index contributed by atoms with van der Waals surface area (Å²) in [6, 6.07) is 0. The van der Waals surface area contributed by atoms with Gasteiger partial charge in [-0.3, -0.25) is 0 Å². The Labute approximate surface area is 107 Å². The lowest BCUT2D eigenvalue weighted by atomic mass is 9.89. The Kier molecular flexibility index (Phi) is 6.20. The van der Waals surface area contributed by atoms with Crippen molar-refractivity contribution in [1.29, 1.82) is 0 Å². The highest BCUT2D eigenvalue weighted by molar-refractivity contribution is 7.81. The number of rotatable bonds is 6. The normalized spacial score (nSPS) is 20.2. The third-order valence-corrected chi connectivity index (χ3v) is 3.80. The zero-order valence-electron chi connectivity index (χ0n) is 11.3. The molecule has 0 radical (unpaired) electrons. The number of nitrogens with zero attached hydrogens (tertiary/aromatic N) is 1. The first-order chi connectivity index (χ1) is 7.47. The fourth-order valence-corrected chi connectivity index (χ4v) is 2.80. The van der Waals surface area contributed by atoms with Crippen molar-refractivity contribution in [3.63, 3.8) is 0 Å². The molecule has 0 aromatic carbocycles. The van der Waals surface area contributed by atoms with Gasteiger partial charge in [-0.2, -0.15) is 12.6 Å². The third kappa shape index (κ3) is 6.80. The van der Waals surface area contributed by atoms with E-state index in [2.05, 4.69) is 25.7 Å². The second-order valence-electron chi connectivity index (χ2n) is 6.47. The second-order valence-corrected chi connectivity index (χ2v) is 7.20. The Balaban J connectivity index is 1.99. The number of unbranched alkanes of at least 4 members (excludes halogenated alkanes) is 1.